The number of anilines is 4. The van der Waals surface area contributed by atoms with Crippen molar-refractivity contribution in [2.24, 2.45) is 0 Å². The van der Waals surface area contributed by atoms with Gasteiger partial charge in [0.25, 0.3) is 0 Å². The van der Waals surface area contributed by atoms with Crippen LogP contribution in [0.1, 0.15) is 5.56 Å². The molecule has 0 aliphatic rings. The molecule has 9 heteroatoms. The normalized spacial score (nSPS) is 10.6. The van der Waals surface area contributed by atoms with Gasteiger partial charge in [-0.25, -0.2) is 13.2 Å². The fraction of sp³-hybridized carbons (Fsp3) is 0.0625. The van der Waals surface area contributed by atoms with Gasteiger partial charge in [-0.3, -0.25) is 0 Å². The molecule has 5 nitrogen and oxygen atoms in total. The van der Waals surface area contributed by atoms with Crippen molar-refractivity contribution in [3.05, 3.63) is 64.6 Å². The largest absolute Gasteiger partial charge is 0.336 e. The lowest BCUT2D eigenvalue weighted by Gasteiger charge is -2.09. The summed E-state index contributed by atoms with van der Waals surface area (Å²) in [5.41, 5.74) is 1.27. The molecular formula is C16H11ClF3N5. The van der Waals surface area contributed by atoms with Crippen LogP contribution in [0.2, 0.25) is 5.02 Å². The standard InChI is InChI=1S/C16H11ClF3N5/c1-8-2-3-9(6-10(8)17)22-16-24-13(7-21-25-16)23-12-5-4-11(18)14(19)15(12)20/h2-7H,1H3,(H2,22,23,24,25). The SMILES string of the molecule is Cc1ccc(Nc2nncc(Nc3ccc(F)c(F)c3F)n2)cc1Cl. The maximum absolute atomic E-state index is 13.7. The van der Waals surface area contributed by atoms with Crippen LogP contribution in [-0.2, 0) is 0 Å². The molecule has 3 rings (SSSR count). The van der Waals surface area contributed by atoms with Crippen LogP contribution >= 0.6 is 11.6 Å². The zero-order valence-electron chi connectivity index (χ0n) is 12.8. The third-order valence-corrected chi connectivity index (χ3v) is 3.69. The molecule has 0 radical (unpaired) electrons. The van der Waals surface area contributed by atoms with Crippen LogP contribution in [0.4, 0.5) is 36.3 Å². The first-order valence-corrected chi connectivity index (χ1v) is 7.45. The van der Waals surface area contributed by atoms with Crippen LogP contribution in [0.25, 0.3) is 0 Å². The number of rotatable bonds is 4. The molecule has 128 valence electrons. The van der Waals surface area contributed by atoms with Crippen molar-refractivity contribution < 1.29 is 13.2 Å². The molecule has 0 atom stereocenters. The van der Waals surface area contributed by atoms with Gasteiger partial charge < -0.3 is 10.6 Å². The highest BCUT2D eigenvalue weighted by Gasteiger charge is 2.14. The van der Waals surface area contributed by atoms with Crippen LogP contribution in [-0.4, -0.2) is 15.2 Å². The number of hydrogen-bond donors (Lipinski definition) is 2. The molecule has 1 heterocycles. The summed E-state index contributed by atoms with van der Waals surface area (Å²) in [5, 5.41) is 13.5. The van der Waals surface area contributed by atoms with Crippen molar-refractivity contribution in [2.75, 3.05) is 10.6 Å². The predicted octanol–water partition coefficient (Wildman–Crippen LogP) is 4.74. The summed E-state index contributed by atoms with van der Waals surface area (Å²) in [6.07, 6.45) is 1.22. The minimum absolute atomic E-state index is 0.0978. The topological polar surface area (TPSA) is 62.7 Å². The third-order valence-electron chi connectivity index (χ3n) is 3.28. The summed E-state index contributed by atoms with van der Waals surface area (Å²) in [6, 6.07) is 7.15. The molecule has 0 aliphatic carbocycles. The second-order valence-corrected chi connectivity index (χ2v) is 5.51. The fourth-order valence-electron chi connectivity index (χ4n) is 1.98. The summed E-state index contributed by atoms with van der Waals surface area (Å²) < 4.78 is 39.9. The lowest BCUT2D eigenvalue weighted by atomic mass is 10.2. The summed E-state index contributed by atoms with van der Waals surface area (Å²) >= 11 is 6.05. The van der Waals surface area contributed by atoms with Crippen molar-refractivity contribution in [2.45, 2.75) is 6.92 Å². The molecule has 0 saturated heterocycles. The maximum atomic E-state index is 13.7. The van der Waals surface area contributed by atoms with E-state index in [0.717, 1.165) is 17.7 Å². The number of benzene rings is 2. The monoisotopic (exact) mass is 365 g/mol. The van der Waals surface area contributed by atoms with E-state index in [0.29, 0.717) is 10.7 Å². The predicted molar refractivity (Wildman–Crippen MR) is 88.9 cm³/mol. The van der Waals surface area contributed by atoms with Gasteiger partial charge in [0.05, 0.1) is 11.9 Å². The highest BCUT2D eigenvalue weighted by molar-refractivity contribution is 6.31. The lowest BCUT2D eigenvalue weighted by molar-refractivity contribution is 0.449. The second-order valence-electron chi connectivity index (χ2n) is 5.10. The first-order chi connectivity index (χ1) is 11.9. The average Bonchev–Trinajstić information content (AvgIpc) is 2.59. The molecule has 0 aliphatic heterocycles. The molecule has 0 bridgehead atoms. The Morgan fingerprint density at radius 3 is 2.56 bits per heavy atom. The zero-order chi connectivity index (χ0) is 18.0. The zero-order valence-corrected chi connectivity index (χ0v) is 13.6. The van der Waals surface area contributed by atoms with E-state index in [1.54, 1.807) is 12.1 Å². The second kappa shape index (κ2) is 6.94. The van der Waals surface area contributed by atoms with Crippen molar-refractivity contribution >= 4 is 34.7 Å². The van der Waals surface area contributed by atoms with Gasteiger partial charge in [-0.1, -0.05) is 17.7 Å². The van der Waals surface area contributed by atoms with E-state index < -0.39 is 17.5 Å². The summed E-state index contributed by atoms with van der Waals surface area (Å²) in [5.74, 6) is -3.98. The van der Waals surface area contributed by atoms with Gasteiger partial charge >= 0.3 is 0 Å². The molecule has 25 heavy (non-hydrogen) atoms. The number of nitrogens with zero attached hydrogens (tertiary/aromatic N) is 3. The number of aryl methyl sites for hydroxylation is 1. The molecule has 3 aromatic rings. The molecule has 0 amide bonds. The summed E-state index contributed by atoms with van der Waals surface area (Å²) in [4.78, 5) is 4.09. The fourth-order valence-corrected chi connectivity index (χ4v) is 2.16. The first-order valence-electron chi connectivity index (χ1n) is 7.07. The van der Waals surface area contributed by atoms with E-state index in [1.807, 2.05) is 13.0 Å². The van der Waals surface area contributed by atoms with E-state index in [1.165, 1.54) is 6.20 Å². The van der Waals surface area contributed by atoms with Crippen LogP contribution in [0.3, 0.4) is 0 Å². The molecule has 1 aromatic heterocycles. The Balaban J connectivity index is 1.82. The Kier molecular flexibility index (Phi) is 4.71. The number of nitrogens with one attached hydrogen (secondary N) is 2. The molecule has 2 N–H and O–H groups in total. The van der Waals surface area contributed by atoms with E-state index in [4.69, 9.17) is 11.6 Å². The maximum Gasteiger partial charge on any atom is 0.249 e. The smallest absolute Gasteiger partial charge is 0.249 e. The molecule has 2 aromatic carbocycles. The summed E-state index contributed by atoms with van der Waals surface area (Å²) in [7, 11) is 0. The quantitative estimate of drug-likeness (QED) is 0.654. The highest BCUT2D eigenvalue weighted by Crippen LogP contribution is 2.24. The minimum atomic E-state index is -1.57. The van der Waals surface area contributed by atoms with Crippen molar-refractivity contribution in [1.29, 1.82) is 0 Å². The molecule has 0 saturated carbocycles. The van der Waals surface area contributed by atoms with Crippen LogP contribution in [0.15, 0.2) is 36.5 Å². The van der Waals surface area contributed by atoms with Crippen LogP contribution < -0.4 is 10.6 Å². The van der Waals surface area contributed by atoms with Crippen molar-refractivity contribution in [3.63, 3.8) is 0 Å². The number of halogens is 4. The van der Waals surface area contributed by atoms with Gasteiger partial charge in [0, 0.05) is 10.7 Å². The van der Waals surface area contributed by atoms with E-state index in [9.17, 15) is 13.2 Å². The van der Waals surface area contributed by atoms with Gasteiger partial charge in [0.1, 0.15) is 0 Å². The molecular weight excluding hydrogens is 355 g/mol. The van der Waals surface area contributed by atoms with Crippen LogP contribution in [0, 0.1) is 24.4 Å². The number of hydrogen-bond acceptors (Lipinski definition) is 5. The van der Waals surface area contributed by atoms with Crippen molar-refractivity contribution in [3.8, 4) is 0 Å². The van der Waals surface area contributed by atoms with Gasteiger partial charge in [0.2, 0.25) is 5.95 Å². The van der Waals surface area contributed by atoms with Gasteiger partial charge in [-0.15, -0.1) is 5.10 Å². The van der Waals surface area contributed by atoms with E-state index in [-0.39, 0.29) is 17.5 Å². The molecule has 0 unspecified atom stereocenters. The van der Waals surface area contributed by atoms with Gasteiger partial charge in [-0.05, 0) is 36.8 Å². The molecule has 0 fully saturated rings. The molecule has 0 spiro atoms. The Morgan fingerprint density at radius 2 is 1.80 bits per heavy atom. The van der Waals surface area contributed by atoms with Gasteiger partial charge in [0.15, 0.2) is 23.3 Å². The number of aromatic nitrogens is 3. The highest BCUT2D eigenvalue weighted by atomic mass is 35.5. The Bertz CT molecular complexity index is 936. The lowest BCUT2D eigenvalue weighted by Crippen LogP contribution is -2.04. The average molecular weight is 366 g/mol. The van der Waals surface area contributed by atoms with Crippen LogP contribution in [0.5, 0.6) is 0 Å². The Morgan fingerprint density at radius 1 is 1.00 bits per heavy atom. The first kappa shape index (κ1) is 17.0. The minimum Gasteiger partial charge on any atom is -0.336 e. The van der Waals surface area contributed by atoms with Gasteiger partial charge in [-0.2, -0.15) is 10.1 Å². The summed E-state index contributed by atoms with van der Waals surface area (Å²) in [6.45, 7) is 1.87. The van der Waals surface area contributed by atoms with E-state index >= 15 is 0 Å². The Labute approximate surface area is 145 Å². The third kappa shape index (κ3) is 3.80. The van der Waals surface area contributed by atoms with E-state index in [2.05, 4.69) is 25.8 Å². The Hall–Kier alpha value is -2.87. The van der Waals surface area contributed by atoms with Crippen molar-refractivity contribution in [1.82, 2.24) is 15.2 Å².